The van der Waals surface area contributed by atoms with E-state index in [9.17, 15) is 4.79 Å². The highest BCUT2D eigenvalue weighted by Crippen LogP contribution is 1.97. The van der Waals surface area contributed by atoms with Crippen LogP contribution < -0.4 is 5.32 Å². The van der Waals surface area contributed by atoms with Gasteiger partial charge in [-0.3, -0.25) is 4.79 Å². The van der Waals surface area contributed by atoms with E-state index in [0.29, 0.717) is 18.0 Å². The Morgan fingerprint density at radius 2 is 2.60 bits per heavy atom. The summed E-state index contributed by atoms with van der Waals surface area (Å²) in [5.74, 6) is 0.935. The topological polar surface area (TPSA) is 29.1 Å². The smallest absolute Gasteiger partial charge is 0.142 e. The van der Waals surface area contributed by atoms with Crippen molar-refractivity contribution in [2.24, 2.45) is 0 Å². The number of Topliss-reactive ketones (excluding diaryl/α,β-unsaturated/α-hetero) is 1. The molecule has 0 aromatic rings. The standard InChI is InChI=1S/C7H15NOS/c1-8-5-3-4-7(9)6-10-2/h8H,3-6H2,1-2H3/i1D. The lowest BCUT2D eigenvalue weighted by atomic mass is 10.2. The van der Waals surface area contributed by atoms with Gasteiger partial charge in [0.25, 0.3) is 0 Å². The molecule has 0 fully saturated rings. The Morgan fingerprint density at radius 1 is 1.80 bits per heavy atom. The molecule has 0 rings (SSSR count). The molecule has 0 saturated heterocycles. The summed E-state index contributed by atoms with van der Waals surface area (Å²) in [5, 5.41) is 2.85. The molecule has 0 aromatic heterocycles. The molecule has 0 amide bonds. The Labute approximate surface area is 68.2 Å². The molecule has 0 heterocycles. The van der Waals surface area contributed by atoms with Crippen LogP contribution in [0.5, 0.6) is 0 Å². The SMILES string of the molecule is [2H]CNCCCC(=O)CSC. The Bertz CT molecular complexity index is 111. The molecule has 2 nitrogen and oxygen atoms in total. The lowest BCUT2D eigenvalue weighted by molar-refractivity contribution is -0.116. The van der Waals surface area contributed by atoms with Gasteiger partial charge in [-0.05, 0) is 26.2 Å². The average Bonchev–Trinajstić information content (AvgIpc) is 1.99. The lowest BCUT2D eigenvalue weighted by Crippen LogP contribution is -2.10. The summed E-state index contributed by atoms with van der Waals surface area (Å²) in [5.41, 5.74) is 0. The molecule has 0 saturated carbocycles. The Hall–Kier alpha value is -0.0200. The largest absolute Gasteiger partial charge is 0.320 e. The second-order valence-corrected chi connectivity index (χ2v) is 2.94. The third kappa shape index (κ3) is 6.11. The van der Waals surface area contributed by atoms with E-state index in [4.69, 9.17) is 1.37 Å². The minimum absolute atomic E-state index is 0.247. The van der Waals surface area contributed by atoms with Crippen LogP contribution in [0.2, 0.25) is 0 Å². The number of ketones is 1. The summed E-state index contributed by atoms with van der Waals surface area (Å²) in [6.45, 7) is 0.781. The highest BCUT2D eigenvalue weighted by Gasteiger charge is 1.97. The van der Waals surface area contributed by atoms with E-state index < -0.39 is 0 Å². The van der Waals surface area contributed by atoms with Crippen molar-refractivity contribution < 1.29 is 6.17 Å². The fourth-order valence-electron chi connectivity index (χ4n) is 0.644. The van der Waals surface area contributed by atoms with E-state index in [-0.39, 0.29) is 7.02 Å². The molecule has 10 heavy (non-hydrogen) atoms. The van der Waals surface area contributed by atoms with Gasteiger partial charge in [-0.1, -0.05) is 0 Å². The van der Waals surface area contributed by atoms with Crippen molar-refractivity contribution in [3.8, 4) is 0 Å². The van der Waals surface area contributed by atoms with Crippen LogP contribution in [0.25, 0.3) is 0 Å². The van der Waals surface area contributed by atoms with Crippen molar-refractivity contribution in [2.75, 3.05) is 25.6 Å². The van der Waals surface area contributed by atoms with E-state index in [1.54, 1.807) is 11.8 Å². The van der Waals surface area contributed by atoms with Gasteiger partial charge in [-0.15, -0.1) is 0 Å². The van der Waals surface area contributed by atoms with Crippen LogP contribution in [0.4, 0.5) is 0 Å². The predicted molar refractivity (Wildman–Crippen MR) is 46.5 cm³/mol. The molecular weight excluding hydrogens is 146 g/mol. The van der Waals surface area contributed by atoms with E-state index in [1.165, 1.54) is 0 Å². The van der Waals surface area contributed by atoms with Crippen molar-refractivity contribution in [3.05, 3.63) is 0 Å². The molecule has 0 spiro atoms. The fraction of sp³-hybridized carbons (Fsp3) is 0.857. The third-order valence-corrected chi connectivity index (χ3v) is 1.73. The summed E-state index contributed by atoms with van der Waals surface area (Å²) in [4.78, 5) is 10.9. The van der Waals surface area contributed by atoms with E-state index in [2.05, 4.69) is 5.32 Å². The quantitative estimate of drug-likeness (QED) is 0.589. The minimum Gasteiger partial charge on any atom is -0.320 e. The van der Waals surface area contributed by atoms with Crippen LogP contribution in [0.15, 0.2) is 0 Å². The zero-order chi connectivity index (χ0) is 8.53. The zero-order valence-electron chi connectivity index (χ0n) is 7.35. The highest BCUT2D eigenvalue weighted by molar-refractivity contribution is 7.99. The number of rotatable bonds is 6. The van der Waals surface area contributed by atoms with Crippen LogP contribution in [0.3, 0.4) is 0 Å². The first-order chi connectivity index (χ1) is 5.31. The van der Waals surface area contributed by atoms with Gasteiger partial charge in [-0.25, -0.2) is 0 Å². The molecule has 0 atom stereocenters. The fourth-order valence-corrected chi connectivity index (χ4v) is 1.11. The minimum atomic E-state index is 0.247. The maximum absolute atomic E-state index is 10.9. The molecule has 0 aliphatic rings. The summed E-state index contributed by atoms with van der Waals surface area (Å²) >= 11 is 1.57. The highest BCUT2D eigenvalue weighted by atomic mass is 32.2. The van der Waals surface area contributed by atoms with Gasteiger partial charge in [0.1, 0.15) is 5.78 Å². The van der Waals surface area contributed by atoms with Crippen LogP contribution in [-0.4, -0.2) is 31.4 Å². The van der Waals surface area contributed by atoms with Crippen LogP contribution in [-0.2, 0) is 4.79 Å². The molecule has 0 bridgehead atoms. The number of carbonyl (C=O) groups excluding carboxylic acids is 1. The molecule has 0 radical (unpaired) electrons. The zero-order valence-corrected chi connectivity index (χ0v) is 7.17. The van der Waals surface area contributed by atoms with Crippen LogP contribution >= 0.6 is 11.8 Å². The molecule has 3 heteroatoms. The summed E-state index contributed by atoms with van der Waals surface area (Å²) in [6.07, 6.45) is 3.44. The van der Waals surface area contributed by atoms with Gasteiger partial charge in [0.15, 0.2) is 0 Å². The normalized spacial score (nSPS) is 11.1. The van der Waals surface area contributed by atoms with Crippen molar-refractivity contribution in [1.82, 2.24) is 5.32 Å². The first-order valence-electron chi connectivity index (χ1n) is 4.02. The van der Waals surface area contributed by atoms with Crippen molar-refractivity contribution in [3.63, 3.8) is 0 Å². The maximum Gasteiger partial charge on any atom is 0.142 e. The Morgan fingerprint density at radius 3 is 3.20 bits per heavy atom. The molecule has 60 valence electrons. The van der Waals surface area contributed by atoms with Gasteiger partial charge < -0.3 is 5.32 Å². The Kier molecular flexibility index (Phi) is 5.73. The van der Waals surface area contributed by atoms with Crippen LogP contribution in [0, 0.1) is 0 Å². The number of hydrogen-bond acceptors (Lipinski definition) is 3. The third-order valence-electron chi connectivity index (χ3n) is 1.11. The van der Waals surface area contributed by atoms with Gasteiger partial charge >= 0.3 is 0 Å². The van der Waals surface area contributed by atoms with Crippen molar-refractivity contribution >= 4 is 17.5 Å². The second kappa shape index (κ2) is 7.09. The molecule has 0 aromatic carbocycles. The van der Waals surface area contributed by atoms with Gasteiger partial charge in [-0.2, -0.15) is 11.8 Å². The van der Waals surface area contributed by atoms with Crippen LogP contribution in [0.1, 0.15) is 14.2 Å². The first-order valence-corrected chi connectivity index (χ1v) is 4.71. The molecule has 1 N–H and O–H groups in total. The molecule has 0 unspecified atom stereocenters. The monoisotopic (exact) mass is 162 g/mol. The summed E-state index contributed by atoms with van der Waals surface area (Å²) in [6, 6.07) is 0. The second-order valence-electron chi connectivity index (χ2n) is 2.08. The summed E-state index contributed by atoms with van der Waals surface area (Å²) in [7, 11) is 0.247. The number of hydrogen-bond donors (Lipinski definition) is 1. The number of carbonyl (C=O) groups is 1. The Balaban J connectivity index is 3.04. The van der Waals surface area contributed by atoms with Gasteiger partial charge in [0, 0.05) is 7.79 Å². The predicted octanol–water partition coefficient (Wildman–Crippen LogP) is 0.918. The number of nitrogens with one attached hydrogen (secondary N) is 1. The molecular formula is C7H15NOS. The van der Waals surface area contributed by atoms with Crippen molar-refractivity contribution in [2.45, 2.75) is 12.8 Å². The molecule has 0 aliphatic carbocycles. The van der Waals surface area contributed by atoms with E-state index in [0.717, 1.165) is 13.0 Å². The van der Waals surface area contributed by atoms with Crippen molar-refractivity contribution in [1.29, 1.82) is 0 Å². The summed E-state index contributed by atoms with van der Waals surface area (Å²) < 4.78 is 6.77. The van der Waals surface area contributed by atoms with Gasteiger partial charge in [0.05, 0.1) is 5.75 Å². The molecule has 0 aliphatic heterocycles. The van der Waals surface area contributed by atoms with E-state index in [1.807, 2.05) is 6.26 Å². The lowest BCUT2D eigenvalue weighted by Gasteiger charge is -1.97. The van der Waals surface area contributed by atoms with E-state index >= 15 is 0 Å². The first kappa shape index (κ1) is 8.08. The maximum atomic E-state index is 10.9. The number of thioether (sulfide) groups is 1. The average molecular weight is 162 g/mol. The van der Waals surface area contributed by atoms with Gasteiger partial charge in [0.2, 0.25) is 0 Å².